The number of allylic oxidation sites excluding steroid dienone is 4. The van der Waals surface area contributed by atoms with Crippen LogP contribution in [0.5, 0.6) is 0 Å². The van der Waals surface area contributed by atoms with Gasteiger partial charge in [0.15, 0.2) is 5.78 Å². The normalized spacial score (nSPS) is 46.8. The van der Waals surface area contributed by atoms with Gasteiger partial charge < -0.3 is 9.90 Å². The first-order chi connectivity index (χ1) is 12.2. The van der Waals surface area contributed by atoms with Crippen LogP contribution in [0.2, 0.25) is 0 Å². The first-order valence-corrected chi connectivity index (χ1v) is 10.2. The summed E-state index contributed by atoms with van der Waals surface area (Å²) >= 11 is 0. The van der Waals surface area contributed by atoms with Crippen molar-refractivity contribution < 1.29 is 14.7 Å². The van der Waals surface area contributed by atoms with Crippen LogP contribution >= 0.6 is 0 Å². The maximum absolute atomic E-state index is 12.0. The van der Waals surface area contributed by atoms with Gasteiger partial charge in [0.25, 0.3) is 0 Å². The lowest BCUT2D eigenvalue weighted by molar-refractivity contribution is -0.121. The SMILES string of the molecule is C=O.CC[C@@]1(O)CCC2C3C=C(C)C4=CC(=O)CC[C@]4(C)C3CC[C@@]21C. The van der Waals surface area contributed by atoms with E-state index in [1.807, 2.05) is 12.9 Å². The van der Waals surface area contributed by atoms with Crippen LogP contribution in [-0.4, -0.2) is 23.3 Å². The molecule has 3 unspecified atom stereocenters. The van der Waals surface area contributed by atoms with E-state index in [0.29, 0.717) is 30.0 Å². The Kier molecular flexibility index (Phi) is 4.84. The van der Waals surface area contributed by atoms with Crippen LogP contribution in [0.25, 0.3) is 0 Å². The van der Waals surface area contributed by atoms with Gasteiger partial charge in [0, 0.05) is 6.42 Å². The lowest BCUT2D eigenvalue weighted by Crippen LogP contribution is -2.54. The lowest BCUT2D eigenvalue weighted by Gasteiger charge is -2.58. The molecule has 4 rings (SSSR count). The molecule has 144 valence electrons. The number of ketones is 1. The van der Waals surface area contributed by atoms with Gasteiger partial charge in [-0.25, -0.2) is 0 Å². The Morgan fingerprint density at radius 1 is 1.15 bits per heavy atom. The smallest absolute Gasteiger partial charge is 0.156 e. The van der Waals surface area contributed by atoms with Gasteiger partial charge in [0.2, 0.25) is 0 Å². The molecule has 0 radical (unpaired) electrons. The van der Waals surface area contributed by atoms with Gasteiger partial charge in [-0.2, -0.15) is 0 Å². The molecule has 4 aliphatic carbocycles. The van der Waals surface area contributed by atoms with Crippen LogP contribution in [0.1, 0.15) is 72.6 Å². The number of hydrogen-bond donors (Lipinski definition) is 1. The van der Waals surface area contributed by atoms with Crippen molar-refractivity contribution in [2.24, 2.45) is 28.6 Å². The molecule has 0 bridgehead atoms. The summed E-state index contributed by atoms with van der Waals surface area (Å²) in [5.41, 5.74) is 2.37. The third-order valence-corrected chi connectivity index (χ3v) is 8.74. The summed E-state index contributed by atoms with van der Waals surface area (Å²) < 4.78 is 0. The summed E-state index contributed by atoms with van der Waals surface area (Å²) in [6.45, 7) is 11.1. The largest absolute Gasteiger partial charge is 0.389 e. The third-order valence-electron chi connectivity index (χ3n) is 8.74. The van der Waals surface area contributed by atoms with Crippen LogP contribution in [0.4, 0.5) is 0 Å². The van der Waals surface area contributed by atoms with E-state index >= 15 is 0 Å². The second-order valence-electron chi connectivity index (χ2n) is 9.46. The lowest BCUT2D eigenvalue weighted by atomic mass is 9.47. The van der Waals surface area contributed by atoms with Crippen molar-refractivity contribution in [2.45, 2.75) is 78.2 Å². The molecule has 3 nitrogen and oxygen atoms in total. The fourth-order valence-corrected chi connectivity index (χ4v) is 7.11. The molecule has 26 heavy (non-hydrogen) atoms. The Bertz CT molecular complexity index is 662. The predicted molar refractivity (Wildman–Crippen MR) is 104 cm³/mol. The number of rotatable bonds is 1. The van der Waals surface area contributed by atoms with E-state index in [-0.39, 0.29) is 10.8 Å². The molecule has 2 fully saturated rings. The molecule has 0 aromatic carbocycles. The van der Waals surface area contributed by atoms with Crippen LogP contribution in [0.3, 0.4) is 0 Å². The van der Waals surface area contributed by atoms with E-state index in [1.54, 1.807) is 0 Å². The van der Waals surface area contributed by atoms with E-state index in [2.05, 4.69) is 33.8 Å². The zero-order valence-electron chi connectivity index (χ0n) is 16.8. The quantitative estimate of drug-likeness (QED) is 0.743. The highest BCUT2D eigenvalue weighted by atomic mass is 16.3. The molecule has 0 heterocycles. The Hall–Kier alpha value is -1.22. The topological polar surface area (TPSA) is 54.4 Å². The Morgan fingerprint density at radius 2 is 1.81 bits per heavy atom. The van der Waals surface area contributed by atoms with E-state index in [1.165, 1.54) is 17.6 Å². The van der Waals surface area contributed by atoms with Crippen molar-refractivity contribution in [1.29, 1.82) is 0 Å². The number of fused-ring (bicyclic) bond motifs is 5. The van der Waals surface area contributed by atoms with Crippen LogP contribution < -0.4 is 0 Å². The van der Waals surface area contributed by atoms with Crippen molar-refractivity contribution in [3.8, 4) is 0 Å². The summed E-state index contributed by atoms with van der Waals surface area (Å²) in [6, 6.07) is 0. The average molecular weight is 359 g/mol. The minimum absolute atomic E-state index is 0.0573. The second kappa shape index (κ2) is 6.44. The zero-order valence-corrected chi connectivity index (χ0v) is 16.8. The van der Waals surface area contributed by atoms with Gasteiger partial charge in [-0.15, -0.1) is 0 Å². The molecule has 0 aliphatic heterocycles. The Balaban J connectivity index is 0.000000948. The van der Waals surface area contributed by atoms with Gasteiger partial charge in [-0.05, 0) is 85.7 Å². The number of carbonyl (C=O) groups excluding carboxylic acids is 2. The van der Waals surface area contributed by atoms with Gasteiger partial charge in [0.1, 0.15) is 6.79 Å². The minimum Gasteiger partial charge on any atom is -0.389 e. The highest BCUT2D eigenvalue weighted by molar-refractivity contribution is 5.92. The fraction of sp³-hybridized carbons (Fsp3) is 0.739. The van der Waals surface area contributed by atoms with Crippen LogP contribution in [0, 0.1) is 28.6 Å². The highest BCUT2D eigenvalue weighted by Crippen LogP contribution is 2.67. The standard InChI is InChI=1S/C22H32O2.CH2O/c1-5-22(24)11-8-18-16-12-14(2)19-13-15(23)6-9-20(19,3)17(16)7-10-21(18,22)4;1-2/h12-13,16-18,24H,5-11H2,1-4H3;1H2/t16?,17?,18?,20-,21+,22-;/m1./s1. The first-order valence-electron chi connectivity index (χ1n) is 10.2. The van der Waals surface area contributed by atoms with Gasteiger partial charge >= 0.3 is 0 Å². The summed E-state index contributed by atoms with van der Waals surface area (Å²) in [6.07, 6.45) is 11.4. The molecular weight excluding hydrogens is 324 g/mol. The monoisotopic (exact) mass is 358 g/mol. The molecule has 0 amide bonds. The van der Waals surface area contributed by atoms with Crippen molar-refractivity contribution in [1.82, 2.24) is 0 Å². The minimum atomic E-state index is -0.482. The molecule has 0 aromatic rings. The molecule has 3 heteroatoms. The molecule has 0 saturated heterocycles. The number of hydrogen-bond acceptors (Lipinski definition) is 3. The third kappa shape index (κ3) is 2.42. The van der Waals surface area contributed by atoms with Gasteiger partial charge in [0.05, 0.1) is 5.60 Å². The molecule has 1 N–H and O–H groups in total. The highest BCUT2D eigenvalue weighted by Gasteiger charge is 2.62. The molecule has 6 atom stereocenters. The first kappa shape index (κ1) is 19.5. The Labute approximate surface area is 157 Å². The molecule has 0 spiro atoms. The summed E-state index contributed by atoms with van der Waals surface area (Å²) in [5, 5.41) is 11.3. The van der Waals surface area contributed by atoms with Crippen molar-refractivity contribution >= 4 is 12.6 Å². The maximum Gasteiger partial charge on any atom is 0.156 e. The summed E-state index contributed by atoms with van der Waals surface area (Å²) in [4.78, 5) is 20.0. The van der Waals surface area contributed by atoms with E-state index in [4.69, 9.17) is 4.79 Å². The molecular formula is C23H34O3. The Morgan fingerprint density at radius 3 is 2.46 bits per heavy atom. The predicted octanol–water partition coefficient (Wildman–Crippen LogP) is 4.64. The van der Waals surface area contributed by atoms with Crippen LogP contribution in [-0.2, 0) is 9.59 Å². The molecule has 4 aliphatic rings. The van der Waals surface area contributed by atoms with E-state index in [9.17, 15) is 9.90 Å². The van der Waals surface area contributed by atoms with Gasteiger partial charge in [-0.3, -0.25) is 4.79 Å². The fourth-order valence-electron chi connectivity index (χ4n) is 7.11. The second-order valence-corrected chi connectivity index (χ2v) is 9.46. The molecule has 2 saturated carbocycles. The van der Waals surface area contributed by atoms with Gasteiger partial charge in [-0.1, -0.05) is 32.4 Å². The zero-order chi connectivity index (χ0) is 19.3. The maximum atomic E-state index is 12.0. The van der Waals surface area contributed by atoms with Crippen molar-refractivity contribution in [3.63, 3.8) is 0 Å². The number of aliphatic hydroxyl groups is 1. The number of carbonyl (C=O) groups is 2. The molecule has 0 aromatic heterocycles. The van der Waals surface area contributed by atoms with E-state index in [0.717, 1.165) is 32.1 Å². The summed E-state index contributed by atoms with van der Waals surface area (Å²) in [7, 11) is 0. The van der Waals surface area contributed by atoms with Crippen molar-refractivity contribution in [2.75, 3.05) is 0 Å². The van der Waals surface area contributed by atoms with E-state index < -0.39 is 5.60 Å². The van der Waals surface area contributed by atoms with Crippen molar-refractivity contribution in [3.05, 3.63) is 23.3 Å². The van der Waals surface area contributed by atoms with Crippen LogP contribution in [0.15, 0.2) is 23.3 Å². The average Bonchev–Trinajstić information content (AvgIpc) is 2.91. The summed E-state index contributed by atoms with van der Waals surface area (Å²) in [5.74, 6) is 2.10.